The zero-order chi connectivity index (χ0) is 7.52. The number of ether oxygens (including phenoxy) is 1. The number of hydrogen-bond acceptors (Lipinski definition) is 3. The van der Waals surface area contributed by atoms with Crippen LogP contribution < -0.4 is 0 Å². The van der Waals surface area contributed by atoms with Crippen LogP contribution in [0.25, 0.3) is 5.76 Å². The summed E-state index contributed by atoms with van der Waals surface area (Å²) in [4.78, 5) is 3.98. The van der Waals surface area contributed by atoms with Gasteiger partial charge in [-0.1, -0.05) is 0 Å². The minimum Gasteiger partial charge on any atom is -0.492 e. The smallest absolute Gasteiger partial charge is 0.181 e. The molecule has 1 aromatic rings. The maximum absolute atomic E-state index is 5.36. The first-order valence-electron chi connectivity index (χ1n) is 3.68. The van der Waals surface area contributed by atoms with Crippen molar-refractivity contribution in [3.8, 4) is 0 Å². The monoisotopic (exact) mass is 151 g/mol. The predicted molar refractivity (Wildman–Crippen MR) is 39.7 cm³/mol. The van der Waals surface area contributed by atoms with Gasteiger partial charge in [-0.05, 0) is 18.9 Å². The lowest BCUT2D eigenvalue weighted by atomic mass is 10.2. The second-order valence-corrected chi connectivity index (χ2v) is 2.43. The molecule has 0 aliphatic carbocycles. The normalized spacial score (nSPS) is 17.3. The highest BCUT2D eigenvalue weighted by atomic mass is 16.5. The van der Waals surface area contributed by atoms with Gasteiger partial charge >= 0.3 is 0 Å². The third-order valence-corrected chi connectivity index (χ3v) is 1.62. The van der Waals surface area contributed by atoms with Gasteiger partial charge in [-0.15, -0.1) is 0 Å². The maximum atomic E-state index is 5.36. The van der Waals surface area contributed by atoms with E-state index >= 15 is 0 Å². The standard InChI is InChI=1S/C8H9NO2/c1-2-4-11-8(3-1)7-5-10-6-9-7/h3,5-6H,1-2,4H2. The van der Waals surface area contributed by atoms with Crippen LogP contribution in [-0.2, 0) is 4.74 Å². The van der Waals surface area contributed by atoms with E-state index in [-0.39, 0.29) is 0 Å². The minimum atomic E-state index is 0.790. The van der Waals surface area contributed by atoms with Gasteiger partial charge in [0.05, 0.1) is 6.61 Å². The zero-order valence-electron chi connectivity index (χ0n) is 6.12. The molecule has 2 rings (SSSR count). The second kappa shape index (κ2) is 2.78. The summed E-state index contributed by atoms with van der Waals surface area (Å²) in [6.45, 7) is 0.790. The van der Waals surface area contributed by atoms with Gasteiger partial charge in [0.15, 0.2) is 6.39 Å². The summed E-state index contributed by atoms with van der Waals surface area (Å²) in [6, 6.07) is 0. The third-order valence-electron chi connectivity index (χ3n) is 1.62. The first-order chi connectivity index (χ1) is 5.47. The van der Waals surface area contributed by atoms with Crippen molar-refractivity contribution in [3.05, 3.63) is 24.4 Å². The fraction of sp³-hybridized carbons (Fsp3) is 0.375. The van der Waals surface area contributed by atoms with Crippen molar-refractivity contribution in [2.24, 2.45) is 0 Å². The highest BCUT2D eigenvalue weighted by molar-refractivity contribution is 5.55. The van der Waals surface area contributed by atoms with Gasteiger partial charge in [0.1, 0.15) is 17.7 Å². The summed E-state index contributed by atoms with van der Waals surface area (Å²) >= 11 is 0. The number of oxazole rings is 1. The predicted octanol–water partition coefficient (Wildman–Crippen LogP) is 1.83. The van der Waals surface area contributed by atoms with Gasteiger partial charge in [0, 0.05) is 0 Å². The van der Waals surface area contributed by atoms with Gasteiger partial charge < -0.3 is 9.15 Å². The topological polar surface area (TPSA) is 35.3 Å². The van der Waals surface area contributed by atoms with Crippen LogP contribution in [0.3, 0.4) is 0 Å². The molecule has 11 heavy (non-hydrogen) atoms. The van der Waals surface area contributed by atoms with Crippen LogP contribution >= 0.6 is 0 Å². The molecule has 58 valence electrons. The highest BCUT2D eigenvalue weighted by Gasteiger charge is 2.08. The number of rotatable bonds is 1. The van der Waals surface area contributed by atoms with Crippen LogP contribution in [0.2, 0.25) is 0 Å². The summed E-state index contributed by atoms with van der Waals surface area (Å²) in [7, 11) is 0. The van der Waals surface area contributed by atoms with Crippen molar-refractivity contribution in [2.75, 3.05) is 6.61 Å². The average Bonchev–Trinajstić information content (AvgIpc) is 2.58. The van der Waals surface area contributed by atoms with Crippen LogP contribution in [0.4, 0.5) is 0 Å². The molecule has 0 unspecified atom stereocenters. The van der Waals surface area contributed by atoms with E-state index in [0.29, 0.717) is 0 Å². The lowest BCUT2D eigenvalue weighted by Gasteiger charge is -2.11. The fourth-order valence-corrected chi connectivity index (χ4v) is 1.07. The number of nitrogens with zero attached hydrogens (tertiary/aromatic N) is 1. The van der Waals surface area contributed by atoms with E-state index in [1.165, 1.54) is 6.39 Å². The van der Waals surface area contributed by atoms with E-state index in [0.717, 1.165) is 30.9 Å². The Bertz CT molecular complexity index is 251. The molecule has 0 saturated carbocycles. The summed E-state index contributed by atoms with van der Waals surface area (Å²) in [6.07, 6.45) is 7.22. The van der Waals surface area contributed by atoms with Gasteiger partial charge in [-0.2, -0.15) is 0 Å². The molecule has 0 N–H and O–H groups in total. The van der Waals surface area contributed by atoms with Crippen molar-refractivity contribution in [3.63, 3.8) is 0 Å². The van der Waals surface area contributed by atoms with Gasteiger partial charge in [0.25, 0.3) is 0 Å². The van der Waals surface area contributed by atoms with Crippen LogP contribution in [0.15, 0.2) is 23.1 Å². The molecule has 0 saturated heterocycles. The van der Waals surface area contributed by atoms with Crippen molar-refractivity contribution < 1.29 is 9.15 Å². The van der Waals surface area contributed by atoms with E-state index in [9.17, 15) is 0 Å². The molecular formula is C8H9NO2. The Morgan fingerprint density at radius 1 is 1.45 bits per heavy atom. The highest BCUT2D eigenvalue weighted by Crippen LogP contribution is 2.18. The lowest BCUT2D eigenvalue weighted by molar-refractivity contribution is 0.257. The molecule has 1 aliphatic rings. The van der Waals surface area contributed by atoms with Crippen molar-refractivity contribution in [1.29, 1.82) is 0 Å². The van der Waals surface area contributed by atoms with E-state index in [1.807, 2.05) is 6.08 Å². The summed E-state index contributed by atoms with van der Waals surface area (Å²) in [5, 5.41) is 0. The van der Waals surface area contributed by atoms with Crippen molar-refractivity contribution in [2.45, 2.75) is 12.8 Å². The average molecular weight is 151 g/mol. The Morgan fingerprint density at radius 3 is 3.09 bits per heavy atom. The second-order valence-electron chi connectivity index (χ2n) is 2.43. The number of hydrogen-bond donors (Lipinski definition) is 0. The van der Waals surface area contributed by atoms with E-state index in [2.05, 4.69) is 4.98 Å². The van der Waals surface area contributed by atoms with Crippen LogP contribution in [0.1, 0.15) is 18.5 Å². The van der Waals surface area contributed by atoms with Gasteiger partial charge in [-0.3, -0.25) is 0 Å². The van der Waals surface area contributed by atoms with Crippen molar-refractivity contribution in [1.82, 2.24) is 4.98 Å². The zero-order valence-corrected chi connectivity index (χ0v) is 6.12. The van der Waals surface area contributed by atoms with E-state index in [1.54, 1.807) is 6.26 Å². The van der Waals surface area contributed by atoms with Gasteiger partial charge in [-0.25, -0.2) is 4.98 Å². The van der Waals surface area contributed by atoms with E-state index < -0.39 is 0 Å². The largest absolute Gasteiger partial charge is 0.492 e. The minimum absolute atomic E-state index is 0.790. The molecule has 0 spiro atoms. The first kappa shape index (κ1) is 6.46. The first-order valence-corrected chi connectivity index (χ1v) is 3.68. The lowest BCUT2D eigenvalue weighted by Crippen LogP contribution is -2.00. The molecule has 0 bridgehead atoms. The molecule has 2 heterocycles. The third kappa shape index (κ3) is 1.27. The molecule has 0 atom stereocenters. The molecular weight excluding hydrogens is 142 g/mol. The Labute approximate surface area is 64.7 Å². The number of aromatic nitrogens is 1. The fourth-order valence-electron chi connectivity index (χ4n) is 1.07. The summed E-state index contributed by atoms with van der Waals surface area (Å²) in [5.74, 6) is 0.852. The number of allylic oxidation sites excluding steroid dienone is 1. The summed E-state index contributed by atoms with van der Waals surface area (Å²) in [5.41, 5.74) is 0.796. The molecule has 0 amide bonds. The van der Waals surface area contributed by atoms with Gasteiger partial charge in [0.2, 0.25) is 0 Å². The molecule has 0 aromatic carbocycles. The summed E-state index contributed by atoms with van der Waals surface area (Å²) < 4.78 is 10.2. The Kier molecular flexibility index (Phi) is 1.63. The van der Waals surface area contributed by atoms with Crippen LogP contribution in [-0.4, -0.2) is 11.6 Å². The van der Waals surface area contributed by atoms with Crippen LogP contribution in [0.5, 0.6) is 0 Å². The Morgan fingerprint density at radius 2 is 2.45 bits per heavy atom. The molecule has 0 radical (unpaired) electrons. The van der Waals surface area contributed by atoms with E-state index in [4.69, 9.17) is 9.15 Å². The molecule has 3 nitrogen and oxygen atoms in total. The Hall–Kier alpha value is -1.25. The van der Waals surface area contributed by atoms with Crippen LogP contribution in [0, 0.1) is 0 Å². The maximum Gasteiger partial charge on any atom is 0.181 e. The van der Waals surface area contributed by atoms with Crippen molar-refractivity contribution >= 4 is 5.76 Å². The Balaban J connectivity index is 2.22. The molecule has 1 aliphatic heterocycles. The quantitative estimate of drug-likeness (QED) is 0.614. The molecule has 0 fully saturated rings. The SMILES string of the molecule is C1=C(c2cocn2)OCCC1. The molecule has 1 aromatic heterocycles. The molecule has 3 heteroatoms.